The number of rotatable bonds is 6. The van der Waals surface area contributed by atoms with Crippen molar-refractivity contribution in [2.24, 2.45) is 5.41 Å². The highest BCUT2D eigenvalue weighted by Crippen LogP contribution is 2.41. The number of aliphatic hydroxyl groups is 1. The Morgan fingerprint density at radius 1 is 1.14 bits per heavy atom. The fraction of sp³-hybridized carbons (Fsp3) is 0.643. The standard InChI is InChI=1S/C28H39N5O3/c1-16-6-9-20(17(2)12-16)21-10-11-22(21)29-26(35)24-13-19(34)14-32(24)27(36)25(28(3,4)5)33-15-23(30-31-33)18-7-8-18/h6,9,12,15,18-19,21-22,24-25,34H,7-8,10-11,13-14H2,1-5H3,(H,29,35)/t19-,21?,22?,24+,25-/m1/s1. The summed E-state index contributed by atoms with van der Waals surface area (Å²) in [7, 11) is 0. The first-order chi connectivity index (χ1) is 17.0. The van der Waals surface area contributed by atoms with Crippen LogP contribution >= 0.6 is 0 Å². The van der Waals surface area contributed by atoms with Crippen molar-refractivity contribution in [1.82, 2.24) is 25.2 Å². The normalized spacial score (nSPS) is 27.0. The van der Waals surface area contributed by atoms with Gasteiger partial charge >= 0.3 is 0 Å². The summed E-state index contributed by atoms with van der Waals surface area (Å²) in [6.45, 7) is 10.4. The summed E-state index contributed by atoms with van der Waals surface area (Å²) in [6.07, 6.45) is 5.58. The molecule has 1 aliphatic heterocycles. The predicted octanol–water partition coefficient (Wildman–Crippen LogP) is 3.38. The maximum atomic E-state index is 13.9. The van der Waals surface area contributed by atoms with Gasteiger partial charge in [0, 0.05) is 37.0 Å². The van der Waals surface area contributed by atoms with Crippen molar-refractivity contribution in [2.75, 3.05) is 6.54 Å². The molecule has 5 atom stereocenters. The average Bonchev–Trinajstić information content (AvgIpc) is 3.39. The number of hydrogen-bond acceptors (Lipinski definition) is 5. The lowest BCUT2D eigenvalue weighted by atomic mass is 9.73. The fourth-order valence-corrected chi connectivity index (χ4v) is 5.89. The van der Waals surface area contributed by atoms with Crippen LogP contribution in [0, 0.1) is 19.3 Å². The van der Waals surface area contributed by atoms with Crippen LogP contribution in [0.25, 0.3) is 0 Å². The van der Waals surface area contributed by atoms with Gasteiger partial charge in [0.25, 0.3) is 0 Å². The number of amides is 2. The number of carbonyl (C=O) groups excluding carboxylic acids is 2. The lowest BCUT2D eigenvalue weighted by Crippen LogP contribution is -2.54. The second-order valence-electron chi connectivity index (χ2n) is 12.2. The van der Waals surface area contributed by atoms with Gasteiger partial charge in [-0.05, 0) is 56.1 Å². The van der Waals surface area contributed by atoms with Crippen LogP contribution in [-0.4, -0.2) is 61.5 Å². The molecule has 5 rings (SSSR count). The zero-order chi connectivity index (χ0) is 25.8. The van der Waals surface area contributed by atoms with E-state index in [9.17, 15) is 14.7 Å². The highest BCUT2D eigenvalue weighted by atomic mass is 16.3. The third kappa shape index (κ3) is 4.80. The molecule has 2 N–H and O–H groups in total. The molecule has 2 amide bonds. The number of nitrogens with zero attached hydrogens (tertiary/aromatic N) is 4. The van der Waals surface area contributed by atoms with E-state index in [2.05, 4.69) is 47.7 Å². The van der Waals surface area contributed by atoms with Crippen LogP contribution < -0.4 is 5.32 Å². The van der Waals surface area contributed by atoms with E-state index in [1.54, 1.807) is 9.58 Å². The van der Waals surface area contributed by atoms with Crippen molar-refractivity contribution in [3.05, 3.63) is 46.8 Å². The SMILES string of the molecule is Cc1ccc(C2CCC2NC(=O)[C@@H]2C[C@@H](O)CN2C(=O)[C@@H](n2cc(C3CC3)nn2)C(C)(C)C)c(C)c1. The Labute approximate surface area is 213 Å². The highest BCUT2D eigenvalue weighted by molar-refractivity contribution is 5.90. The predicted molar refractivity (Wildman–Crippen MR) is 136 cm³/mol. The second kappa shape index (κ2) is 9.29. The molecule has 0 radical (unpaired) electrons. The number of aromatic nitrogens is 3. The summed E-state index contributed by atoms with van der Waals surface area (Å²) in [5.74, 6) is 0.354. The highest BCUT2D eigenvalue weighted by Gasteiger charge is 2.46. The zero-order valence-corrected chi connectivity index (χ0v) is 22.1. The molecule has 2 aliphatic carbocycles. The molecular formula is C28H39N5O3. The first-order valence-corrected chi connectivity index (χ1v) is 13.3. The van der Waals surface area contributed by atoms with Crippen molar-refractivity contribution in [1.29, 1.82) is 0 Å². The molecule has 36 heavy (non-hydrogen) atoms. The summed E-state index contributed by atoms with van der Waals surface area (Å²) in [6, 6.07) is 5.23. The molecular weight excluding hydrogens is 454 g/mol. The minimum absolute atomic E-state index is 0.0448. The van der Waals surface area contributed by atoms with E-state index in [1.165, 1.54) is 16.7 Å². The van der Waals surface area contributed by atoms with Crippen molar-refractivity contribution >= 4 is 11.8 Å². The Bertz CT molecular complexity index is 1150. The summed E-state index contributed by atoms with van der Waals surface area (Å²) in [5.41, 5.74) is 4.24. The number of carbonyl (C=O) groups is 2. The molecule has 0 bridgehead atoms. The minimum Gasteiger partial charge on any atom is -0.391 e. The third-order valence-corrected chi connectivity index (χ3v) is 8.13. The Hall–Kier alpha value is -2.74. The van der Waals surface area contributed by atoms with Crippen molar-refractivity contribution in [3.63, 3.8) is 0 Å². The first kappa shape index (κ1) is 24.9. The molecule has 2 heterocycles. The van der Waals surface area contributed by atoms with Gasteiger partial charge in [0.1, 0.15) is 12.1 Å². The van der Waals surface area contributed by atoms with E-state index in [-0.39, 0.29) is 36.7 Å². The van der Waals surface area contributed by atoms with E-state index >= 15 is 0 Å². The maximum Gasteiger partial charge on any atom is 0.248 e. The summed E-state index contributed by atoms with van der Waals surface area (Å²) in [4.78, 5) is 29.0. The molecule has 8 nitrogen and oxygen atoms in total. The number of aryl methyl sites for hydroxylation is 2. The molecule has 1 aromatic heterocycles. The molecule has 2 saturated carbocycles. The molecule has 3 aliphatic rings. The minimum atomic E-state index is -0.723. The number of likely N-dealkylation sites (tertiary alicyclic amines) is 1. The number of nitrogens with one attached hydrogen (secondary N) is 1. The summed E-state index contributed by atoms with van der Waals surface area (Å²) < 4.78 is 1.66. The molecule has 8 heteroatoms. The molecule has 2 aromatic rings. The van der Waals surface area contributed by atoms with Crippen LogP contribution in [-0.2, 0) is 9.59 Å². The van der Waals surface area contributed by atoms with Gasteiger partial charge in [-0.3, -0.25) is 9.59 Å². The number of β-amino-alcohol motifs (C(OH)–C–C–N with tert-alkyl or cyclic N) is 1. The fourth-order valence-electron chi connectivity index (χ4n) is 5.89. The Kier molecular flexibility index (Phi) is 6.43. The second-order valence-corrected chi connectivity index (χ2v) is 12.2. The largest absolute Gasteiger partial charge is 0.391 e. The molecule has 2 unspecified atom stereocenters. The van der Waals surface area contributed by atoms with Crippen molar-refractivity contribution in [2.45, 2.75) is 103 Å². The van der Waals surface area contributed by atoms with Crippen LogP contribution in [0.5, 0.6) is 0 Å². The molecule has 194 valence electrons. The van der Waals surface area contributed by atoms with E-state index in [4.69, 9.17) is 0 Å². The van der Waals surface area contributed by atoms with E-state index in [0.717, 1.165) is 31.4 Å². The number of hydrogen-bond donors (Lipinski definition) is 2. The quantitative estimate of drug-likeness (QED) is 0.643. The maximum absolute atomic E-state index is 13.9. The van der Waals surface area contributed by atoms with Gasteiger partial charge in [0.05, 0.1) is 11.8 Å². The molecule has 1 aromatic carbocycles. The van der Waals surface area contributed by atoms with E-state index < -0.39 is 23.6 Å². The smallest absolute Gasteiger partial charge is 0.248 e. The van der Waals surface area contributed by atoms with Gasteiger partial charge in [-0.2, -0.15) is 0 Å². The van der Waals surface area contributed by atoms with Crippen LogP contribution in [0.2, 0.25) is 0 Å². The number of aliphatic hydroxyl groups excluding tert-OH is 1. The summed E-state index contributed by atoms with van der Waals surface area (Å²) >= 11 is 0. The molecule has 0 spiro atoms. The van der Waals surface area contributed by atoms with Gasteiger partial charge in [-0.1, -0.05) is 49.7 Å². The Morgan fingerprint density at radius 2 is 1.89 bits per heavy atom. The molecule has 3 fully saturated rings. The van der Waals surface area contributed by atoms with Crippen LogP contribution in [0.15, 0.2) is 24.4 Å². The van der Waals surface area contributed by atoms with Gasteiger partial charge < -0.3 is 15.3 Å². The van der Waals surface area contributed by atoms with Crippen LogP contribution in [0.1, 0.15) is 93.1 Å². The monoisotopic (exact) mass is 493 g/mol. The van der Waals surface area contributed by atoms with Crippen LogP contribution in [0.3, 0.4) is 0 Å². The van der Waals surface area contributed by atoms with Crippen molar-refractivity contribution in [3.8, 4) is 0 Å². The first-order valence-electron chi connectivity index (χ1n) is 13.3. The lowest BCUT2D eigenvalue weighted by Gasteiger charge is -2.40. The van der Waals surface area contributed by atoms with Gasteiger partial charge in [-0.25, -0.2) is 4.68 Å². The van der Waals surface area contributed by atoms with Gasteiger partial charge in [0.2, 0.25) is 11.8 Å². The third-order valence-electron chi connectivity index (χ3n) is 8.13. The Balaban J connectivity index is 1.32. The average molecular weight is 494 g/mol. The lowest BCUT2D eigenvalue weighted by molar-refractivity contribution is -0.144. The molecule has 1 saturated heterocycles. The van der Waals surface area contributed by atoms with Gasteiger partial charge in [-0.15, -0.1) is 5.10 Å². The zero-order valence-electron chi connectivity index (χ0n) is 22.1. The summed E-state index contributed by atoms with van der Waals surface area (Å²) in [5, 5.41) is 22.3. The Morgan fingerprint density at radius 3 is 2.50 bits per heavy atom. The van der Waals surface area contributed by atoms with E-state index in [0.29, 0.717) is 5.92 Å². The van der Waals surface area contributed by atoms with Gasteiger partial charge in [0.15, 0.2) is 0 Å². The topological polar surface area (TPSA) is 100 Å². The van der Waals surface area contributed by atoms with Crippen molar-refractivity contribution < 1.29 is 14.7 Å². The number of benzene rings is 1. The van der Waals surface area contributed by atoms with E-state index in [1.807, 2.05) is 27.0 Å². The van der Waals surface area contributed by atoms with Crippen LogP contribution in [0.4, 0.5) is 0 Å².